The summed E-state index contributed by atoms with van der Waals surface area (Å²) in [5.41, 5.74) is 0.763. The average Bonchev–Trinajstić information content (AvgIpc) is 1.95. The first kappa shape index (κ1) is 8.83. The van der Waals surface area contributed by atoms with E-state index in [1.165, 1.54) is 38.5 Å². The van der Waals surface area contributed by atoms with Gasteiger partial charge in [0.2, 0.25) is 0 Å². The standard InChI is InChI=1S/C11H20/c1-3-5-6-8-11(4-2)9-7-10-11/h3,5H,4,6-10H2,1-2H3. The van der Waals surface area contributed by atoms with Crippen molar-refractivity contribution in [2.45, 2.75) is 52.4 Å². The first-order chi connectivity index (χ1) is 5.33. The Balaban J connectivity index is 2.21. The second-order valence-corrected chi connectivity index (χ2v) is 3.81. The molecule has 0 heterocycles. The van der Waals surface area contributed by atoms with Gasteiger partial charge in [-0.05, 0) is 38.0 Å². The molecule has 1 rings (SSSR count). The Kier molecular flexibility index (Phi) is 3.16. The van der Waals surface area contributed by atoms with E-state index in [9.17, 15) is 0 Å². The molecule has 0 aliphatic heterocycles. The molecule has 0 saturated heterocycles. The van der Waals surface area contributed by atoms with Gasteiger partial charge in [0.1, 0.15) is 0 Å². The monoisotopic (exact) mass is 152 g/mol. The van der Waals surface area contributed by atoms with E-state index in [-0.39, 0.29) is 0 Å². The maximum Gasteiger partial charge on any atom is -0.0297 e. The Bertz CT molecular complexity index is 123. The van der Waals surface area contributed by atoms with Crippen LogP contribution in [0.15, 0.2) is 12.2 Å². The first-order valence-corrected chi connectivity index (χ1v) is 4.94. The van der Waals surface area contributed by atoms with Gasteiger partial charge in [-0.3, -0.25) is 0 Å². The zero-order valence-corrected chi connectivity index (χ0v) is 7.90. The Morgan fingerprint density at radius 1 is 1.36 bits per heavy atom. The van der Waals surface area contributed by atoms with Gasteiger partial charge in [-0.1, -0.05) is 31.9 Å². The lowest BCUT2D eigenvalue weighted by molar-refractivity contribution is 0.115. The number of hydrogen-bond acceptors (Lipinski definition) is 0. The van der Waals surface area contributed by atoms with Crippen LogP contribution in [-0.4, -0.2) is 0 Å². The van der Waals surface area contributed by atoms with Crippen molar-refractivity contribution >= 4 is 0 Å². The van der Waals surface area contributed by atoms with Crippen molar-refractivity contribution in [2.24, 2.45) is 5.41 Å². The summed E-state index contributed by atoms with van der Waals surface area (Å²) in [6, 6.07) is 0. The van der Waals surface area contributed by atoms with E-state index in [2.05, 4.69) is 26.0 Å². The third-order valence-electron chi connectivity index (χ3n) is 3.24. The molecular formula is C11H20. The SMILES string of the molecule is CC=CCCC1(CC)CCC1. The van der Waals surface area contributed by atoms with Crippen LogP contribution < -0.4 is 0 Å². The summed E-state index contributed by atoms with van der Waals surface area (Å²) in [7, 11) is 0. The molecule has 0 bridgehead atoms. The van der Waals surface area contributed by atoms with Crippen LogP contribution in [0.1, 0.15) is 52.4 Å². The molecule has 0 spiro atoms. The zero-order chi connectivity index (χ0) is 8.16. The highest BCUT2D eigenvalue weighted by Gasteiger charge is 2.33. The van der Waals surface area contributed by atoms with Gasteiger partial charge in [-0.2, -0.15) is 0 Å². The lowest BCUT2D eigenvalue weighted by Gasteiger charge is -2.41. The minimum atomic E-state index is 0.763. The minimum absolute atomic E-state index is 0.763. The average molecular weight is 152 g/mol. The van der Waals surface area contributed by atoms with Crippen molar-refractivity contribution in [3.63, 3.8) is 0 Å². The van der Waals surface area contributed by atoms with E-state index in [0.717, 1.165) is 5.41 Å². The van der Waals surface area contributed by atoms with E-state index < -0.39 is 0 Å². The van der Waals surface area contributed by atoms with Gasteiger partial charge in [-0.25, -0.2) is 0 Å². The van der Waals surface area contributed by atoms with Gasteiger partial charge < -0.3 is 0 Å². The fourth-order valence-electron chi connectivity index (χ4n) is 2.01. The second kappa shape index (κ2) is 3.94. The van der Waals surface area contributed by atoms with E-state index in [0.29, 0.717) is 0 Å². The lowest BCUT2D eigenvalue weighted by Crippen LogP contribution is -2.27. The summed E-state index contributed by atoms with van der Waals surface area (Å²) >= 11 is 0. The highest BCUT2D eigenvalue weighted by atomic mass is 14.4. The Morgan fingerprint density at radius 3 is 2.45 bits per heavy atom. The third kappa shape index (κ3) is 2.08. The Hall–Kier alpha value is -0.260. The van der Waals surface area contributed by atoms with Crippen LogP contribution in [0.2, 0.25) is 0 Å². The molecular weight excluding hydrogens is 132 g/mol. The number of hydrogen-bond donors (Lipinski definition) is 0. The highest BCUT2D eigenvalue weighted by molar-refractivity contribution is 4.89. The van der Waals surface area contributed by atoms with Crippen LogP contribution in [0.25, 0.3) is 0 Å². The molecule has 0 aromatic heterocycles. The second-order valence-electron chi connectivity index (χ2n) is 3.81. The molecule has 0 radical (unpaired) electrons. The maximum atomic E-state index is 2.34. The lowest BCUT2D eigenvalue weighted by atomic mass is 9.64. The molecule has 0 N–H and O–H groups in total. The molecule has 0 heteroatoms. The third-order valence-corrected chi connectivity index (χ3v) is 3.24. The summed E-state index contributed by atoms with van der Waals surface area (Å²) in [6.07, 6.45) is 13.0. The molecule has 1 aliphatic carbocycles. The van der Waals surface area contributed by atoms with Gasteiger partial charge in [0, 0.05) is 0 Å². The van der Waals surface area contributed by atoms with Crippen molar-refractivity contribution in [3.05, 3.63) is 12.2 Å². The van der Waals surface area contributed by atoms with Gasteiger partial charge in [0.05, 0.1) is 0 Å². The predicted octanol–water partition coefficient (Wildman–Crippen LogP) is 3.92. The minimum Gasteiger partial charge on any atom is -0.0917 e. The summed E-state index contributed by atoms with van der Waals surface area (Å²) in [4.78, 5) is 0. The fraction of sp³-hybridized carbons (Fsp3) is 0.818. The summed E-state index contributed by atoms with van der Waals surface area (Å²) in [6.45, 7) is 4.45. The maximum absolute atomic E-state index is 2.34. The van der Waals surface area contributed by atoms with Gasteiger partial charge in [0.25, 0.3) is 0 Å². The van der Waals surface area contributed by atoms with Crippen LogP contribution >= 0.6 is 0 Å². The zero-order valence-electron chi connectivity index (χ0n) is 7.90. The van der Waals surface area contributed by atoms with E-state index in [1.807, 2.05) is 0 Å². The van der Waals surface area contributed by atoms with Gasteiger partial charge in [0.15, 0.2) is 0 Å². The first-order valence-electron chi connectivity index (χ1n) is 4.94. The van der Waals surface area contributed by atoms with Crippen LogP contribution in [0.4, 0.5) is 0 Å². The largest absolute Gasteiger partial charge is 0.0917 e. The number of rotatable bonds is 4. The summed E-state index contributed by atoms with van der Waals surface area (Å²) < 4.78 is 0. The van der Waals surface area contributed by atoms with Crippen LogP contribution in [-0.2, 0) is 0 Å². The van der Waals surface area contributed by atoms with Gasteiger partial charge >= 0.3 is 0 Å². The molecule has 0 amide bonds. The van der Waals surface area contributed by atoms with Gasteiger partial charge in [-0.15, -0.1) is 0 Å². The van der Waals surface area contributed by atoms with Crippen molar-refractivity contribution in [1.29, 1.82) is 0 Å². The molecule has 1 fully saturated rings. The highest BCUT2D eigenvalue weighted by Crippen LogP contribution is 2.47. The quantitative estimate of drug-likeness (QED) is 0.535. The normalized spacial score (nSPS) is 22.0. The smallest absolute Gasteiger partial charge is 0.0297 e. The molecule has 0 nitrogen and oxygen atoms in total. The van der Waals surface area contributed by atoms with Crippen LogP contribution in [0, 0.1) is 5.41 Å². The molecule has 11 heavy (non-hydrogen) atoms. The topological polar surface area (TPSA) is 0 Å². The van der Waals surface area contributed by atoms with Crippen LogP contribution in [0.5, 0.6) is 0 Å². The Labute approximate surface area is 70.7 Å². The predicted molar refractivity (Wildman–Crippen MR) is 50.6 cm³/mol. The Morgan fingerprint density at radius 2 is 2.09 bits per heavy atom. The molecule has 0 aromatic rings. The van der Waals surface area contributed by atoms with Crippen molar-refractivity contribution in [1.82, 2.24) is 0 Å². The number of allylic oxidation sites excluding steroid dienone is 2. The molecule has 1 aliphatic rings. The van der Waals surface area contributed by atoms with Crippen molar-refractivity contribution in [3.8, 4) is 0 Å². The molecule has 0 aromatic carbocycles. The molecule has 0 atom stereocenters. The molecule has 1 saturated carbocycles. The fourth-order valence-corrected chi connectivity index (χ4v) is 2.01. The van der Waals surface area contributed by atoms with E-state index in [1.54, 1.807) is 0 Å². The summed E-state index contributed by atoms with van der Waals surface area (Å²) in [5.74, 6) is 0. The van der Waals surface area contributed by atoms with Crippen molar-refractivity contribution in [2.75, 3.05) is 0 Å². The van der Waals surface area contributed by atoms with E-state index in [4.69, 9.17) is 0 Å². The molecule has 0 unspecified atom stereocenters. The van der Waals surface area contributed by atoms with E-state index >= 15 is 0 Å². The van der Waals surface area contributed by atoms with Crippen LogP contribution in [0.3, 0.4) is 0 Å². The summed E-state index contributed by atoms with van der Waals surface area (Å²) in [5, 5.41) is 0. The molecule has 64 valence electrons. The van der Waals surface area contributed by atoms with Crippen molar-refractivity contribution < 1.29 is 0 Å².